The molecule has 0 saturated carbocycles. The monoisotopic (exact) mass is 418 g/mol. The number of hydrogen-bond acceptors (Lipinski definition) is 8. The van der Waals surface area contributed by atoms with Gasteiger partial charge in [0.05, 0.1) is 43.1 Å². The first-order chi connectivity index (χ1) is 14.4. The molecule has 9 heteroatoms. The van der Waals surface area contributed by atoms with Crippen LogP contribution in [0.1, 0.15) is 46.5 Å². The van der Waals surface area contributed by atoms with Crippen LogP contribution in [0.4, 0.5) is 5.69 Å². The molecule has 0 unspecified atom stereocenters. The number of carbonyl (C=O) groups is 3. The van der Waals surface area contributed by atoms with Gasteiger partial charge in [0.1, 0.15) is 0 Å². The van der Waals surface area contributed by atoms with Gasteiger partial charge in [-0.3, -0.25) is 9.63 Å². The fraction of sp³-hybridized carbons (Fsp3) is 0.381. The molecule has 0 aromatic carbocycles. The SMILES string of the molecule is CCOC(=O)c1c2ccc(CC(=O)NOCCCO)ccc-2c(C(=O)OCC)c1N. The largest absolute Gasteiger partial charge is 0.462 e. The lowest BCUT2D eigenvalue weighted by molar-refractivity contribution is -0.133. The molecule has 2 rings (SSSR count). The zero-order chi connectivity index (χ0) is 22.1. The maximum Gasteiger partial charge on any atom is 0.340 e. The first kappa shape index (κ1) is 23.1. The first-order valence-corrected chi connectivity index (χ1v) is 9.64. The van der Waals surface area contributed by atoms with E-state index in [-0.39, 0.29) is 55.6 Å². The molecule has 0 saturated heterocycles. The number of esters is 2. The van der Waals surface area contributed by atoms with Crippen molar-refractivity contribution in [1.29, 1.82) is 0 Å². The third kappa shape index (κ3) is 5.46. The predicted octanol–water partition coefficient (Wildman–Crippen LogP) is 1.70. The highest BCUT2D eigenvalue weighted by Gasteiger charge is 2.30. The van der Waals surface area contributed by atoms with Crippen LogP contribution < -0.4 is 11.2 Å². The van der Waals surface area contributed by atoms with E-state index < -0.39 is 11.9 Å². The Morgan fingerprint density at radius 3 is 1.97 bits per heavy atom. The minimum absolute atomic E-state index is 0.00433. The molecule has 0 aliphatic heterocycles. The van der Waals surface area contributed by atoms with Gasteiger partial charge in [-0.1, -0.05) is 24.3 Å². The van der Waals surface area contributed by atoms with E-state index in [1.807, 2.05) is 0 Å². The molecular weight excluding hydrogens is 392 g/mol. The zero-order valence-electron chi connectivity index (χ0n) is 17.0. The molecule has 0 heterocycles. The summed E-state index contributed by atoms with van der Waals surface area (Å²) in [4.78, 5) is 41.9. The molecule has 0 spiro atoms. The van der Waals surface area contributed by atoms with Crippen molar-refractivity contribution in [2.75, 3.05) is 32.2 Å². The molecule has 4 N–H and O–H groups in total. The normalized spacial score (nSPS) is 10.6. The van der Waals surface area contributed by atoms with Crippen LogP contribution in [0, 0.1) is 0 Å². The van der Waals surface area contributed by atoms with Crippen LogP contribution in [0.2, 0.25) is 0 Å². The van der Waals surface area contributed by atoms with Crippen LogP contribution in [0.25, 0.3) is 11.1 Å². The Morgan fingerprint density at radius 2 is 1.50 bits per heavy atom. The number of aliphatic hydroxyl groups excluding tert-OH is 1. The Kier molecular flexibility index (Phi) is 8.57. The summed E-state index contributed by atoms with van der Waals surface area (Å²) in [5, 5.41) is 8.71. The van der Waals surface area contributed by atoms with Crippen LogP contribution in [0.5, 0.6) is 0 Å². The number of hydrogen-bond donors (Lipinski definition) is 3. The Labute approximate surface area is 174 Å². The number of anilines is 1. The van der Waals surface area contributed by atoms with Gasteiger partial charge in [0, 0.05) is 6.61 Å². The summed E-state index contributed by atoms with van der Waals surface area (Å²) in [5.41, 5.74) is 10.1. The molecule has 162 valence electrons. The van der Waals surface area contributed by atoms with Gasteiger partial charge in [-0.25, -0.2) is 15.1 Å². The lowest BCUT2D eigenvalue weighted by Crippen LogP contribution is -2.26. The van der Waals surface area contributed by atoms with Gasteiger partial charge in [-0.15, -0.1) is 0 Å². The number of carbonyl (C=O) groups excluding carboxylic acids is 3. The van der Waals surface area contributed by atoms with Crippen LogP contribution in [-0.4, -0.2) is 49.4 Å². The molecule has 0 aromatic rings. The molecular formula is C21H26N2O7. The molecule has 2 aliphatic carbocycles. The summed E-state index contributed by atoms with van der Waals surface area (Å²) >= 11 is 0. The van der Waals surface area contributed by atoms with Crippen molar-refractivity contribution in [3.05, 3.63) is 41.0 Å². The third-order valence-corrected chi connectivity index (χ3v) is 4.21. The summed E-state index contributed by atoms with van der Waals surface area (Å²) in [7, 11) is 0. The predicted molar refractivity (Wildman–Crippen MR) is 109 cm³/mol. The van der Waals surface area contributed by atoms with Gasteiger partial charge in [-0.2, -0.15) is 0 Å². The number of rotatable bonds is 10. The van der Waals surface area contributed by atoms with Gasteiger partial charge in [0.2, 0.25) is 5.91 Å². The molecule has 9 nitrogen and oxygen atoms in total. The van der Waals surface area contributed by atoms with Gasteiger partial charge < -0.3 is 20.3 Å². The van der Waals surface area contributed by atoms with Crippen LogP contribution >= 0.6 is 0 Å². The van der Waals surface area contributed by atoms with Crippen LogP contribution in [0.15, 0.2) is 24.3 Å². The second-order valence-corrected chi connectivity index (χ2v) is 6.30. The van der Waals surface area contributed by atoms with Gasteiger partial charge in [0.15, 0.2) is 0 Å². The Bertz CT molecular complexity index is 826. The lowest BCUT2D eigenvalue weighted by Gasteiger charge is -2.04. The van der Waals surface area contributed by atoms with E-state index >= 15 is 0 Å². The smallest absolute Gasteiger partial charge is 0.340 e. The molecule has 0 fully saturated rings. The van der Waals surface area contributed by atoms with Crippen molar-refractivity contribution in [3.63, 3.8) is 0 Å². The summed E-state index contributed by atoms with van der Waals surface area (Å²) in [6.45, 7) is 3.81. The van der Waals surface area contributed by atoms with E-state index in [1.165, 1.54) is 0 Å². The van der Waals surface area contributed by atoms with Gasteiger partial charge in [-0.05, 0) is 37.0 Å². The Hall–Kier alpha value is -3.17. The van der Waals surface area contributed by atoms with Crippen LogP contribution in [0.3, 0.4) is 0 Å². The summed E-state index contributed by atoms with van der Waals surface area (Å²) < 4.78 is 10.2. The number of amides is 1. The number of fused-ring (bicyclic) bond motifs is 1. The summed E-state index contributed by atoms with van der Waals surface area (Å²) in [6, 6.07) is 6.56. The van der Waals surface area contributed by atoms with E-state index in [0.717, 1.165) is 0 Å². The molecule has 0 radical (unpaired) electrons. The van der Waals surface area contributed by atoms with E-state index in [0.29, 0.717) is 23.1 Å². The van der Waals surface area contributed by atoms with Gasteiger partial charge in [0.25, 0.3) is 0 Å². The molecule has 0 bridgehead atoms. The van der Waals surface area contributed by atoms with E-state index in [2.05, 4.69) is 5.48 Å². The lowest BCUT2D eigenvalue weighted by atomic mass is 10.1. The van der Waals surface area contributed by atoms with Crippen molar-refractivity contribution in [2.45, 2.75) is 26.7 Å². The second-order valence-electron chi connectivity index (χ2n) is 6.30. The average molecular weight is 418 g/mol. The van der Waals surface area contributed by atoms with Crippen LogP contribution in [-0.2, 0) is 25.5 Å². The third-order valence-electron chi connectivity index (χ3n) is 4.21. The average Bonchev–Trinajstić information content (AvgIpc) is 2.84. The maximum atomic E-state index is 12.5. The van der Waals surface area contributed by atoms with E-state index in [1.54, 1.807) is 38.1 Å². The highest BCUT2D eigenvalue weighted by molar-refractivity contribution is 6.15. The van der Waals surface area contributed by atoms with E-state index in [4.69, 9.17) is 25.2 Å². The number of nitrogen functional groups attached to an aromatic ring is 1. The molecule has 1 amide bonds. The zero-order valence-corrected chi connectivity index (χ0v) is 17.0. The highest BCUT2D eigenvalue weighted by Crippen LogP contribution is 2.39. The van der Waals surface area contributed by atoms with Crippen molar-refractivity contribution in [1.82, 2.24) is 5.48 Å². The molecule has 2 aliphatic rings. The summed E-state index contributed by atoms with van der Waals surface area (Å²) in [5.74, 6) is -1.66. The standard InChI is InChI=1S/C21H26N2O7/c1-3-28-20(26)17-14-8-6-13(12-16(25)23-30-11-5-10-24)7-9-15(14)18(19(17)22)21(27)29-4-2/h6-9,24H,3-5,10-12,22H2,1-2H3,(H,23,25). The topological polar surface area (TPSA) is 137 Å². The minimum atomic E-state index is -0.640. The van der Waals surface area contributed by atoms with Crippen molar-refractivity contribution in [3.8, 4) is 11.1 Å². The fourth-order valence-electron chi connectivity index (χ4n) is 2.92. The fourth-order valence-corrected chi connectivity index (χ4v) is 2.92. The quantitative estimate of drug-likeness (QED) is 0.301. The number of nitrogens with one attached hydrogen (secondary N) is 1. The number of nitrogens with two attached hydrogens (primary N) is 1. The van der Waals surface area contributed by atoms with Gasteiger partial charge >= 0.3 is 11.9 Å². The molecule has 0 atom stereocenters. The molecule has 0 aromatic heterocycles. The Morgan fingerprint density at radius 1 is 0.967 bits per heavy atom. The second kappa shape index (κ2) is 11.1. The minimum Gasteiger partial charge on any atom is -0.462 e. The first-order valence-electron chi connectivity index (χ1n) is 9.64. The molecule has 30 heavy (non-hydrogen) atoms. The number of hydroxylamine groups is 1. The summed E-state index contributed by atoms with van der Waals surface area (Å²) in [6.07, 6.45) is 0.416. The van der Waals surface area contributed by atoms with Crippen molar-refractivity contribution < 1.29 is 33.8 Å². The number of ether oxygens (including phenoxy) is 2. The van der Waals surface area contributed by atoms with Crippen molar-refractivity contribution in [2.24, 2.45) is 0 Å². The maximum absolute atomic E-state index is 12.5. The highest BCUT2D eigenvalue weighted by atomic mass is 16.6. The van der Waals surface area contributed by atoms with E-state index in [9.17, 15) is 14.4 Å². The van der Waals surface area contributed by atoms with Crippen molar-refractivity contribution >= 4 is 23.5 Å². The Balaban J connectivity index is 2.39. The number of aliphatic hydroxyl groups is 1.